The Morgan fingerprint density at radius 2 is 2.21 bits per heavy atom. The molecular formula is C17H19N3O3S. The maximum Gasteiger partial charge on any atom is 0.155 e. The average molecular weight is 345 g/mol. The zero-order valence-electron chi connectivity index (χ0n) is 13.6. The quantitative estimate of drug-likeness (QED) is 0.615. The summed E-state index contributed by atoms with van der Waals surface area (Å²) < 4.78 is 24.6. The first-order valence-corrected chi connectivity index (χ1v) is 9.15. The minimum absolute atomic E-state index is 0.384. The van der Waals surface area contributed by atoms with E-state index < -0.39 is 11.2 Å². The molecule has 6 nitrogen and oxygen atoms in total. The Hall–Kier alpha value is -2.25. The van der Waals surface area contributed by atoms with E-state index in [0.29, 0.717) is 29.6 Å². The second-order valence-corrected chi connectivity index (χ2v) is 6.98. The number of hydrogen-bond donors (Lipinski definition) is 0. The van der Waals surface area contributed by atoms with Crippen LogP contribution in [0, 0.1) is 0 Å². The first kappa shape index (κ1) is 16.6. The normalized spacial score (nSPS) is 12.3. The van der Waals surface area contributed by atoms with Crippen LogP contribution >= 0.6 is 0 Å². The van der Waals surface area contributed by atoms with E-state index in [9.17, 15) is 4.55 Å². The lowest BCUT2D eigenvalue weighted by molar-refractivity contribution is 0.338. The number of aromatic nitrogens is 3. The fourth-order valence-corrected chi connectivity index (χ4v) is 2.88. The van der Waals surface area contributed by atoms with Crippen molar-refractivity contribution >= 4 is 16.8 Å². The second kappa shape index (κ2) is 7.55. The van der Waals surface area contributed by atoms with Gasteiger partial charge >= 0.3 is 0 Å². The minimum Gasteiger partial charge on any atom is -0.616 e. The van der Waals surface area contributed by atoms with Gasteiger partial charge in [0.1, 0.15) is 29.6 Å². The summed E-state index contributed by atoms with van der Waals surface area (Å²) in [6, 6.07) is 5.61. The third-order valence-corrected chi connectivity index (χ3v) is 4.89. The Morgan fingerprint density at radius 3 is 2.96 bits per heavy atom. The molecule has 2 aromatic heterocycles. The molecule has 1 aromatic carbocycles. The largest absolute Gasteiger partial charge is 0.616 e. The van der Waals surface area contributed by atoms with Gasteiger partial charge in [0.05, 0.1) is 19.0 Å². The molecule has 0 amide bonds. The van der Waals surface area contributed by atoms with Crippen molar-refractivity contribution in [3.63, 3.8) is 0 Å². The molecule has 0 aliphatic carbocycles. The van der Waals surface area contributed by atoms with Crippen LogP contribution in [0.4, 0.5) is 0 Å². The van der Waals surface area contributed by atoms with E-state index in [-0.39, 0.29) is 0 Å². The zero-order chi connectivity index (χ0) is 16.9. The predicted molar refractivity (Wildman–Crippen MR) is 94.0 cm³/mol. The molecule has 1 atom stereocenters. The number of hydrogen-bond acceptors (Lipinski definition) is 5. The summed E-state index contributed by atoms with van der Waals surface area (Å²) >= 11 is -0.856. The van der Waals surface area contributed by atoms with Crippen LogP contribution in [0.3, 0.4) is 0 Å². The van der Waals surface area contributed by atoms with Gasteiger partial charge in [0, 0.05) is 30.2 Å². The minimum atomic E-state index is -0.856. The molecule has 126 valence electrons. The van der Waals surface area contributed by atoms with Gasteiger partial charge in [-0.1, -0.05) is 11.2 Å². The van der Waals surface area contributed by atoms with Crippen LogP contribution in [0.15, 0.2) is 43.0 Å². The Balaban J connectivity index is 1.90. The van der Waals surface area contributed by atoms with Crippen LogP contribution in [-0.2, 0) is 11.2 Å². The molecule has 3 aromatic rings. The molecule has 0 aliphatic heterocycles. The van der Waals surface area contributed by atoms with E-state index in [1.54, 1.807) is 19.5 Å². The maximum atomic E-state index is 11.6. The molecule has 0 N–H and O–H groups in total. The fourth-order valence-electron chi connectivity index (χ4n) is 2.32. The summed E-state index contributed by atoms with van der Waals surface area (Å²) in [5.74, 6) is 2.50. The number of methoxy groups -OCH3 is 1. The predicted octanol–water partition coefficient (Wildman–Crippen LogP) is 2.55. The number of rotatable bonds is 7. The van der Waals surface area contributed by atoms with Crippen LogP contribution in [0.25, 0.3) is 16.9 Å². The van der Waals surface area contributed by atoms with E-state index in [1.165, 1.54) is 0 Å². The van der Waals surface area contributed by atoms with Gasteiger partial charge in [0.25, 0.3) is 0 Å². The van der Waals surface area contributed by atoms with Crippen molar-refractivity contribution in [1.29, 1.82) is 0 Å². The lowest BCUT2D eigenvalue weighted by Crippen LogP contribution is -2.15. The molecule has 0 fully saturated rings. The SMILES string of the molecule is CC[S+]([O-])CCOc1cc(OC)ccc1-c1cn2ccncc2n1. The van der Waals surface area contributed by atoms with Gasteiger partial charge in [-0.2, -0.15) is 0 Å². The molecule has 0 saturated carbocycles. The third kappa shape index (κ3) is 3.63. The van der Waals surface area contributed by atoms with Crippen molar-refractivity contribution in [3.8, 4) is 22.8 Å². The summed E-state index contributed by atoms with van der Waals surface area (Å²) in [5.41, 5.74) is 2.42. The Morgan fingerprint density at radius 1 is 1.33 bits per heavy atom. The summed E-state index contributed by atoms with van der Waals surface area (Å²) in [7, 11) is 1.61. The van der Waals surface area contributed by atoms with E-state index >= 15 is 0 Å². The van der Waals surface area contributed by atoms with E-state index in [4.69, 9.17) is 9.47 Å². The van der Waals surface area contributed by atoms with Crippen molar-refractivity contribution in [3.05, 3.63) is 43.0 Å². The van der Waals surface area contributed by atoms with Crippen LogP contribution in [-0.4, -0.2) is 44.1 Å². The van der Waals surface area contributed by atoms with Gasteiger partial charge in [-0.05, 0) is 19.1 Å². The summed E-state index contributed by atoms with van der Waals surface area (Å²) in [5, 5.41) is 0. The molecule has 0 spiro atoms. The topological polar surface area (TPSA) is 71.7 Å². The van der Waals surface area contributed by atoms with E-state index in [1.807, 2.05) is 41.9 Å². The fraction of sp³-hybridized carbons (Fsp3) is 0.294. The molecule has 0 radical (unpaired) electrons. The van der Waals surface area contributed by atoms with Crippen LogP contribution in [0.1, 0.15) is 6.92 Å². The highest BCUT2D eigenvalue weighted by Crippen LogP contribution is 2.33. The van der Waals surface area contributed by atoms with Crippen molar-refractivity contribution in [2.24, 2.45) is 0 Å². The number of imidazole rings is 1. The van der Waals surface area contributed by atoms with Gasteiger partial charge in [0.2, 0.25) is 0 Å². The number of benzene rings is 1. The number of fused-ring (bicyclic) bond motifs is 1. The Labute approximate surface area is 143 Å². The molecule has 2 heterocycles. The van der Waals surface area contributed by atoms with Gasteiger partial charge in [-0.15, -0.1) is 0 Å². The summed E-state index contributed by atoms with van der Waals surface area (Å²) in [6.45, 7) is 2.29. The van der Waals surface area contributed by atoms with Crippen molar-refractivity contribution in [2.75, 3.05) is 25.2 Å². The van der Waals surface area contributed by atoms with Gasteiger partial charge in [-0.25, -0.2) is 4.98 Å². The summed E-state index contributed by atoms with van der Waals surface area (Å²) in [4.78, 5) is 8.66. The number of ether oxygens (including phenoxy) is 2. The molecule has 7 heteroatoms. The lowest BCUT2D eigenvalue weighted by Gasteiger charge is -2.13. The second-order valence-electron chi connectivity index (χ2n) is 5.11. The highest BCUT2D eigenvalue weighted by molar-refractivity contribution is 7.91. The zero-order valence-corrected chi connectivity index (χ0v) is 14.5. The van der Waals surface area contributed by atoms with E-state index in [2.05, 4.69) is 9.97 Å². The van der Waals surface area contributed by atoms with Gasteiger partial charge in [0.15, 0.2) is 5.65 Å². The Kier molecular flexibility index (Phi) is 5.22. The molecule has 0 aliphatic rings. The van der Waals surface area contributed by atoms with Crippen LogP contribution < -0.4 is 9.47 Å². The first-order valence-electron chi connectivity index (χ1n) is 7.66. The smallest absolute Gasteiger partial charge is 0.155 e. The third-order valence-electron chi connectivity index (χ3n) is 3.62. The Bertz CT molecular complexity index is 789. The monoisotopic (exact) mass is 345 g/mol. The van der Waals surface area contributed by atoms with E-state index in [0.717, 1.165) is 16.9 Å². The maximum absolute atomic E-state index is 11.6. The standard InChI is InChI=1S/C17H19N3O3S/c1-3-24(21)9-8-23-16-10-13(22-2)4-5-14(16)15-12-20-7-6-18-11-17(20)19-15/h4-7,10-12H,3,8-9H2,1-2H3. The van der Waals surface area contributed by atoms with Gasteiger partial charge in [-0.3, -0.25) is 4.98 Å². The molecule has 1 unspecified atom stereocenters. The highest BCUT2D eigenvalue weighted by atomic mass is 32.2. The van der Waals surface area contributed by atoms with Crippen LogP contribution in [0.2, 0.25) is 0 Å². The first-order chi connectivity index (χ1) is 11.7. The van der Waals surface area contributed by atoms with Gasteiger partial charge < -0.3 is 18.4 Å². The van der Waals surface area contributed by atoms with Crippen LogP contribution in [0.5, 0.6) is 11.5 Å². The van der Waals surface area contributed by atoms with Crippen molar-refractivity contribution in [2.45, 2.75) is 6.92 Å². The van der Waals surface area contributed by atoms with Crippen molar-refractivity contribution < 1.29 is 14.0 Å². The summed E-state index contributed by atoms with van der Waals surface area (Å²) in [6.07, 6.45) is 7.19. The molecule has 0 saturated heterocycles. The van der Waals surface area contributed by atoms with Crippen molar-refractivity contribution in [1.82, 2.24) is 14.4 Å². The number of nitrogens with zero attached hydrogens (tertiary/aromatic N) is 3. The highest BCUT2D eigenvalue weighted by Gasteiger charge is 2.13. The average Bonchev–Trinajstić information content (AvgIpc) is 3.05. The molecule has 0 bridgehead atoms. The lowest BCUT2D eigenvalue weighted by atomic mass is 10.1. The molecule has 3 rings (SSSR count). The molecular weight excluding hydrogens is 326 g/mol. The molecule has 24 heavy (non-hydrogen) atoms.